The summed E-state index contributed by atoms with van der Waals surface area (Å²) in [4.78, 5) is 43.4. The van der Waals surface area contributed by atoms with E-state index in [0.717, 1.165) is 16.3 Å². The SMILES string of the molecule is CC(C)Cc1nc(C(=O)Nc2cccc(N3C(=O)c4ccccc4C3=O)c2)cs1. The summed E-state index contributed by atoms with van der Waals surface area (Å²) in [6, 6.07) is 13.4. The largest absolute Gasteiger partial charge is 0.321 e. The van der Waals surface area contributed by atoms with Gasteiger partial charge in [-0.15, -0.1) is 11.3 Å². The minimum atomic E-state index is -0.369. The highest BCUT2D eigenvalue weighted by atomic mass is 32.1. The molecule has 0 atom stereocenters. The Hall–Kier alpha value is -3.32. The highest BCUT2D eigenvalue weighted by molar-refractivity contribution is 7.09. The second-order valence-corrected chi connectivity index (χ2v) is 8.16. The average molecular weight is 405 g/mol. The van der Waals surface area contributed by atoms with E-state index in [9.17, 15) is 14.4 Å². The lowest BCUT2D eigenvalue weighted by Gasteiger charge is -2.15. The molecule has 0 unspecified atom stereocenters. The van der Waals surface area contributed by atoms with Crippen molar-refractivity contribution in [3.63, 3.8) is 0 Å². The van der Waals surface area contributed by atoms with E-state index in [4.69, 9.17) is 0 Å². The van der Waals surface area contributed by atoms with E-state index in [1.54, 1.807) is 53.9 Å². The van der Waals surface area contributed by atoms with Gasteiger partial charge in [-0.05, 0) is 36.2 Å². The molecule has 0 fully saturated rings. The Kier molecular flexibility index (Phi) is 4.98. The van der Waals surface area contributed by atoms with Gasteiger partial charge in [0, 0.05) is 17.5 Å². The monoisotopic (exact) mass is 405 g/mol. The number of fused-ring (bicyclic) bond motifs is 1. The van der Waals surface area contributed by atoms with Crippen molar-refractivity contribution < 1.29 is 14.4 Å². The van der Waals surface area contributed by atoms with Gasteiger partial charge in [0.1, 0.15) is 5.69 Å². The number of nitrogens with zero attached hydrogens (tertiary/aromatic N) is 2. The molecular formula is C22H19N3O3S. The first-order valence-electron chi connectivity index (χ1n) is 9.27. The minimum Gasteiger partial charge on any atom is -0.321 e. The second kappa shape index (κ2) is 7.60. The molecule has 2 heterocycles. The van der Waals surface area contributed by atoms with Crippen LogP contribution in [-0.2, 0) is 6.42 Å². The maximum atomic E-state index is 12.7. The summed E-state index contributed by atoms with van der Waals surface area (Å²) in [6.45, 7) is 4.21. The van der Waals surface area contributed by atoms with Crippen molar-refractivity contribution in [2.45, 2.75) is 20.3 Å². The van der Waals surface area contributed by atoms with E-state index >= 15 is 0 Å². The highest BCUT2D eigenvalue weighted by Gasteiger charge is 2.36. The van der Waals surface area contributed by atoms with Crippen LogP contribution in [-0.4, -0.2) is 22.7 Å². The molecule has 4 rings (SSSR count). The number of imide groups is 1. The Morgan fingerprint density at radius 1 is 1.07 bits per heavy atom. The molecule has 7 heteroatoms. The smallest absolute Gasteiger partial charge is 0.275 e. The van der Waals surface area contributed by atoms with Crippen LogP contribution in [0.1, 0.15) is 50.1 Å². The van der Waals surface area contributed by atoms with E-state index < -0.39 is 0 Å². The van der Waals surface area contributed by atoms with E-state index in [-0.39, 0.29) is 17.7 Å². The van der Waals surface area contributed by atoms with Crippen molar-refractivity contribution >= 4 is 40.4 Å². The first kappa shape index (κ1) is 19.0. The molecule has 146 valence electrons. The van der Waals surface area contributed by atoms with Gasteiger partial charge in [-0.3, -0.25) is 14.4 Å². The summed E-state index contributed by atoms with van der Waals surface area (Å²) in [7, 11) is 0. The fourth-order valence-corrected chi connectivity index (χ4v) is 4.19. The summed E-state index contributed by atoms with van der Waals surface area (Å²) in [6.07, 6.45) is 0.827. The van der Waals surface area contributed by atoms with Crippen LogP contribution in [0.15, 0.2) is 53.9 Å². The topological polar surface area (TPSA) is 79.4 Å². The number of amides is 3. The number of hydrogen-bond acceptors (Lipinski definition) is 5. The Morgan fingerprint density at radius 3 is 2.41 bits per heavy atom. The second-order valence-electron chi connectivity index (χ2n) is 7.22. The molecular weight excluding hydrogens is 386 g/mol. The molecule has 0 saturated carbocycles. The third kappa shape index (κ3) is 3.69. The van der Waals surface area contributed by atoms with Gasteiger partial charge in [0.25, 0.3) is 17.7 Å². The fraction of sp³-hybridized carbons (Fsp3) is 0.182. The van der Waals surface area contributed by atoms with Gasteiger partial charge < -0.3 is 5.32 Å². The molecule has 1 aliphatic rings. The van der Waals surface area contributed by atoms with Crippen molar-refractivity contribution in [2.24, 2.45) is 5.92 Å². The Labute approximate surface area is 172 Å². The lowest BCUT2D eigenvalue weighted by Crippen LogP contribution is -2.29. The van der Waals surface area contributed by atoms with Crippen molar-refractivity contribution in [3.8, 4) is 0 Å². The van der Waals surface area contributed by atoms with Gasteiger partial charge in [-0.25, -0.2) is 9.88 Å². The van der Waals surface area contributed by atoms with Crippen LogP contribution in [0.25, 0.3) is 0 Å². The number of hydrogen-bond donors (Lipinski definition) is 1. The maximum absolute atomic E-state index is 12.7. The van der Waals surface area contributed by atoms with Crippen molar-refractivity contribution in [3.05, 3.63) is 75.7 Å². The van der Waals surface area contributed by atoms with Crippen molar-refractivity contribution in [1.82, 2.24) is 4.98 Å². The maximum Gasteiger partial charge on any atom is 0.275 e. The van der Waals surface area contributed by atoms with Crippen LogP contribution >= 0.6 is 11.3 Å². The predicted molar refractivity (Wildman–Crippen MR) is 113 cm³/mol. The fourth-order valence-electron chi connectivity index (χ4n) is 3.20. The van der Waals surface area contributed by atoms with Crippen LogP contribution in [0, 0.1) is 5.92 Å². The summed E-state index contributed by atoms with van der Waals surface area (Å²) in [5.74, 6) is -0.594. The number of anilines is 2. The average Bonchev–Trinajstić information content (AvgIpc) is 3.25. The van der Waals surface area contributed by atoms with Gasteiger partial charge in [-0.1, -0.05) is 32.0 Å². The van der Waals surface area contributed by atoms with Gasteiger partial charge in [0.15, 0.2) is 0 Å². The summed E-state index contributed by atoms with van der Waals surface area (Å²) >= 11 is 1.46. The molecule has 29 heavy (non-hydrogen) atoms. The zero-order chi connectivity index (χ0) is 20.5. The third-order valence-electron chi connectivity index (χ3n) is 4.52. The minimum absolute atomic E-state index is 0.323. The normalized spacial score (nSPS) is 13.1. The molecule has 3 amide bonds. The van der Waals surface area contributed by atoms with E-state index in [2.05, 4.69) is 24.1 Å². The standard InChI is InChI=1S/C22H19N3O3S/c1-13(2)10-19-24-18(12-29-19)20(26)23-14-6-5-7-15(11-14)25-21(27)16-8-3-4-9-17(16)22(25)28/h3-9,11-13H,10H2,1-2H3,(H,23,26). The van der Waals surface area contributed by atoms with E-state index in [1.807, 2.05) is 0 Å². The van der Waals surface area contributed by atoms with E-state index in [0.29, 0.717) is 34.1 Å². The first-order valence-corrected chi connectivity index (χ1v) is 10.2. The molecule has 0 bridgehead atoms. The molecule has 0 radical (unpaired) electrons. The molecule has 0 saturated heterocycles. The number of rotatable bonds is 5. The van der Waals surface area contributed by atoms with Crippen molar-refractivity contribution in [1.29, 1.82) is 0 Å². The summed E-state index contributed by atoms with van der Waals surface area (Å²) in [5.41, 5.74) is 2.02. The van der Waals surface area contributed by atoms with E-state index in [1.165, 1.54) is 11.3 Å². The van der Waals surface area contributed by atoms with Crippen LogP contribution in [0.3, 0.4) is 0 Å². The Bertz CT molecular complexity index is 1080. The highest BCUT2D eigenvalue weighted by Crippen LogP contribution is 2.30. The summed E-state index contributed by atoms with van der Waals surface area (Å²) in [5, 5.41) is 5.45. The molecule has 1 aliphatic heterocycles. The number of benzene rings is 2. The first-order chi connectivity index (χ1) is 13.9. The van der Waals surface area contributed by atoms with Crippen molar-refractivity contribution in [2.75, 3.05) is 10.2 Å². The molecule has 6 nitrogen and oxygen atoms in total. The predicted octanol–water partition coefficient (Wildman–Crippen LogP) is 4.39. The van der Waals surface area contributed by atoms with Crippen LogP contribution in [0.4, 0.5) is 11.4 Å². The lowest BCUT2D eigenvalue weighted by molar-refractivity contribution is 0.0925. The zero-order valence-corrected chi connectivity index (χ0v) is 16.8. The van der Waals surface area contributed by atoms with Gasteiger partial charge in [0.05, 0.1) is 21.8 Å². The van der Waals surface area contributed by atoms with Crippen LogP contribution < -0.4 is 10.2 Å². The van der Waals surface area contributed by atoms with Gasteiger partial charge in [-0.2, -0.15) is 0 Å². The number of aromatic nitrogens is 1. The molecule has 2 aromatic carbocycles. The molecule has 1 N–H and O–H groups in total. The number of carbonyl (C=O) groups is 3. The zero-order valence-electron chi connectivity index (χ0n) is 16.0. The van der Waals surface area contributed by atoms with Gasteiger partial charge >= 0.3 is 0 Å². The lowest BCUT2D eigenvalue weighted by atomic mass is 10.1. The third-order valence-corrected chi connectivity index (χ3v) is 5.39. The van der Waals surface area contributed by atoms with Crippen LogP contribution in [0.2, 0.25) is 0 Å². The molecule has 0 aliphatic carbocycles. The molecule has 3 aromatic rings. The number of carbonyl (C=O) groups excluding carboxylic acids is 3. The van der Waals surface area contributed by atoms with Crippen LogP contribution in [0.5, 0.6) is 0 Å². The number of thiazole rings is 1. The molecule has 1 aromatic heterocycles. The van der Waals surface area contributed by atoms with Gasteiger partial charge in [0.2, 0.25) is 0 Å². The quantitative estimate of drug-likeness (QED) is 0.638. The molecule has 0 spiro atoms. The number of nitrogens with one attached hydrogen (secondary N) is 1. The summed E-state index contributed by atoms with van der Waals surface area (Å²) < 4.78 is 0. The Morgan fingerprint density at radius 2 is 1.76 bits per heavy atom. The Balaban J connectivity index is 1.54.